The summed E-state index contributed by atoms with van der Waals surface area (Å²) in [5, 5.41) is 7.44. The molecule has 0 aliphatic carbocycles. The van der Waals surface area contributed by atoms with Gasteiger partial charge in [0.25, 0.3) is 0 Å². The number of methoxy groups -OCH3 is 1. The number of nitrogens with two attached hydrogens (primary N) is 1. The summed E-state index contributed by atoms with van der Waals surface area (Å²) < 4.78 is 7.15. The number of ether oxygens (including phenoxy) is 1. The first kappa shape index (κ1) is 20.5. The molecule has 3 heterocycles. The maximum atomic E-state index is 12.0. The van der Waals surface area contributed by atoms with Crippen LogP contribution in [-0.4, -0.2) is 50.8 Å². The monoisotopic (exact) mass is 438 g/mol. The van der Waals surface area contributed by atoms with Gasteiger partial charge in [-0.15, -0.1) is 0 Å². The van der Waals surface area contributed by atoms with E-state index < -0.39 is 0 Å². The van der Waals surface area contributed by atoms with Crippen molar-refractivity contribution >= 4 is 33.5 Å². The van der Waals surface area contributed by atoms with Crippen molar-refractivity contribution in [3.8, 4) is 17.6 Å². The molecule has 1 fully saturated rings. The van der Waals surface area contributed by atoms with Crippen molar-refractivity contribution in [3.05, 3.63) is 66.6 Å². The smallest absolute Gasteiger partial charge is 0.246 e. The van der Waals surface area contributed by atoms with Crippen LogP contribution in [0.3, 0.4) is 0 Å². The minimum atomic E-state index is -0.0873. The third-order valence-electron chi connectivity index (χ3n) is 5.92. The number of amides is 1. The van der Waals surface area contributed by atoms with Crippen LogP contribution < -0.4 is 10.5 Å². The summed E-state index contributed by atoms with van der Waals surface area (Å²) in [6, 6.07) is 11.8. The molecule has 1 atom stereocenters. The molecular weight excluding hydrogens is 416 g/mol. The second-order valence-electron chi connectivity index (χ2n) is 7.82. The molecule has 2 N–H and O–H groups in total. The fraction of sp³-hybridized carbons (Fsp3) is 0.200. The van der Waals surface area contributed by atoms with Crippen LogP contribution in [0.2, 0.25) is 0 Å². The summed E-state index contributed by atoms with van der Waals surface area (Å²) in [7, 11) is 1.65. The highest BCUT2D eigenvalue weighted by molar-refractivity contribution is 5.92. The largest absolute Gasteiger partial charge is 0.497 e. The van der Waals surface area contributed by atoms with Gasteiger partial charge in [0.05, 0.1) is 18.5 Å². The Morgan fingerprint density at radius 2 is 2.15 bits per heavy atom. The highest BCUT2D eigenvalue weighted by atomic mass is 16.5. The SMILES string of the molecule is C=CC(=O)N1CCC(n2nc(C#Cc3cccc4cc(OC)ccc34)c3c(N)ncnc32)C1. The zero-order valence-electron chi connectivity index (χ0n) is 18.2. The molecule has 33 heavy (non-hydrogen) atoms. The first-order chi connectivity index (χ1) is 16.1. The Bertz CT molecular complexity index is 1460. The van der Waals surface area contributed by atoms with Gasteiger partial charge >= 0.3 is 0 Å². The number of likely N-dealkylation sites (tertiary alicyclic amines) is 1. The molecule has 1 saturated heterocycles. The molecule has 5 rings (SSSR count). The number of fused-ring (bicyclic) bond motifs is 2. The number of rotatable bonds is 3. The second-order valence-corrected chi connectivity index (χ2v) is 7.82. The van der Waals surface area contributed by atoms with E-state index in [9.17, 15) is 4.79 Å². The topological polar surface area (TPSA) is 99.2 Å². The van der Waals surface area contributed by atoms with Gasteiger partial charge in [0.15, 0.2) is 5.65 Å². The van der Waals surface area contributed by atoms with Gasteiger partial charge in [0.2, 0.25) is 5.91 Å². The van der Waals surface area contributed by atoms with Crippen LogP contribution in [-0.2, 0) is 4.79 Å². The molecule has 4 aromatic rings. The number of benzene rings is 2. The van der Waals surface area contributed by atoms with E-state index in [0.717, 1.165) is 28.5 Å². The lowest BCUT2D eigenvalue weighted by atomic mass is 10.0. The van der Waals surface area contributed by atoms with Crippen LogP contribution in [0.5, 0.6) is 5.75 Å². The molecule has 0 spiro atoms. The lowest BCUT2D eigenvalue weighted by Crippen LogP contribution is -2.27. The molecule has 2 aromatic heterocycles. The minimum absolute atomic E-state index is 0.0220. The maximum Gasteiger partial charge on any atom is 0.246 e. The van der Waals surface area contributed by atoms with Crippen molar-refractivity contribution < 1.29 is 9.53 Å². The fourth-order valence-corrected chi connectivity index (χ4v) is 4.23. The molecule has 1 unspecified atom stereocenters. The summed E-state index contributed by atoms with van der Waals surface area (Å²) in [5.74, 6) is 7.47. The fourth-order valence-electron chi connectivity index (χ4n) is 4.23. The van der Waals surface area contributed by atoms with Crippen LogP contribution in [0.1, 0.15) is 23.7 Å². The average molecular weight is 438 g/mol. The van der Waals surface area contributed by atoms with Gasteiger partial charge in [-0.05, 0) is 53.5 Å². The first-order valence-electron chi connectivity index (χ1n) is 10.6. The Morgan fingerprint density at radius 3 is 2.97 bits per heavy atom. The van der Waals surface area contributed by atoms with Gasteiger partial charge in [-0.1, -0.05) is 24.6 Å². The van der Waals surface area contributed by atoms with E-state index in [4.69, 9.17) is 15.6 Å². The zero-order chi connectivity index (χ0) is 22.9. The molecule has 0 saturated carbocycles. The van der Waals surface area contributed by atoms with Gasteiger partial charge < -0.3 is 15.4 Å². The maximum absolute atomic E-state index is 12.0. The van der Waals surface area contributed by atoms with Gasteiger partial charge in [0, 0.05) is 18.7 Å². The Labute approximate surface area is 190 Å². The number of nitrogens with zero attached hydrogens (tertiary/aromatic N) is 5. The van der Waals surface area contributed by atoms with Crippen molar-refractivity contribution in [1.82, 2.24) is 24.6 Å². The highest BCUT2D eigenvalue weighted by Gasteiger charge is 2.29. The van der Waals surface area contributed by atoms with E-state index in [1.807, 2.05) is 41.1 Å². The van der Waals surface area contributed by atoms with E-state index in [0.29, 0.717) is 35.6 Å². The van der Waals surface area contributed by atoms with E-state index >= 15 is 0 Å². The third-order valence-corrected chi connectivity index (χ3v) is 5.92. The number of carbonyl (C=O) groups excluding carboxylic acids is 1. The number of carbonyl (C=O) groups is 1. The molecule has 1 aliphatic rings. The van der Waals surface area contributed by atoms with Crippen molar-refractivity contribution in [2.75, 3.05) is 25.9 Å². The summed E-state index contributed by atoms with van der Waals surface area (Å²) in [6.45, 7) is 4.75. The van der Waals surface area contributed by atoms with Crippen LogP contribution in [0.4, 0.5) is 5.82 Å². The normalized spacial score (nSPS) is 15.4. The molecule has 8 nitrogen and oxygen atoms in total. The van der Waals surface area contributed by atoms with Gasteiger partial charge in [-0.2, -0.15) is 5.10 Å². The van der Waals surface area contributed by atoms with Crippen molar-refractivity contribution in [1.29, 1.82) is 0 Å². The molecular formula is C25H22N6O2. The zero-order valence-corrected chi connectivity index (χ0v) is 18.2. The van der Waals surface area contributed by atoms with Gasteiger partial charge in [-0.3, -0.25) is 4.79 Å². The Hall–Kier alpha value is -4.38. The highest BCUT2D eigenvalue weighted by Crippen LogP contribution is 2.29. The standard InChI is InChI=1S/C25H22N6O2/c1-3-22(32)30-12-11-18(14-30)31-25-23(24(26)27-15-28-25)21(29-31)10-7-16-5-4-6-17-13-19(33-2)8-9-20(16)17/h3-6,8-9,13,15,18H,1,11-12,14H2,2H3,(H2,26,27,28). The summed E-state index contributed by atoms with van der Waals surface area (Å²) in [4.78, 5) is 22.3. The molecule has 1 aliphatic heterocycles. The number of nitrogen functional groups attached to an aromatic ring is 1. The van der Waals surface area contributed by atoms with E-state index in [1.54, 1.807) is 12.0 Å². The molecule has 0 radical (unpaired) electrons. The summed E-state index contributed by atoms with van der Waals surface area (Å²) >= 11 is 0. The Kier molecular flexibility index (Phi) is 5.15. The van der Waals surface area contributed by atoms with Crippen molar-refractivity contribution in [2.45, 2.75) is 12.5 Å². The predicted octanol–water partition coefficient (Wildman–Crippen LogP) is 2.93. The predicted molar refractivity (Wildman–Crippen MR) is 127 cm³/mol. The van der Waals surface area contributed by atoms with E-state index in [-0.39, 0.29) is 11.9 Å². The Balaban J connectivity index is 1.57. The summed E-state index contributed by atoms with van der Waals surface area (Å²) in [5.41, 5.74) is 8.20. The lowest BCUT2D eigenvalue weighted by Gasteiger charge is -2.14. The molecule has 164 valence electrons. The number of anilines is 1. The average Bonchev–Trinajstić information content (AvgIpc) is 3.47. The summed E-state index contributed by atoms with van der Waals surface area (Å²) in [6.07, 6.45) is 3.52. The molecule has 1 amide bonds. The van der Waals surface area contributed by atoms with E-state index in [1.165, 1.54) is 12.4 Å². The van der Waals surface area contributed by atoms with Crippen LogP contribution in [0.25, 0.3) is 21.8 Å². The van der Waals surface area contributed by atoms with Crippen molar-refractivity contribution in [2.24, 2.45) is 0 Å². The first-order valence-corrected chi connectivity index (χ1v) is 10.6. The van der Waals surface area contributed by atoms with Gasteiger partial charge in [0.1, 0.15) is 23.6 Å². The molecule has 2 aromatic carbocycles. The van der Waals surface area contributed by atoms with Crippen molar-refractivity contribution in [3.63, 3.8) is 0 Å². The second kappa shape index (κ2) is 8.28. The van der Waals surface area contributed by atoms with E-state index in [2.05, 4.69) is 28.4 Å². The van der Waals surface area contributed by atoms with Crippen LogP contribution in [0, 0.1) is 11.8 Å². The van der Waals surface area contributed by atoms with Crippen LogP contribution in [0.15, 0.2) is 55.4 Å². The van der Waals surface area contributed by atoms with Crippen LogP contribution >= 0.6 is 0 Å². The van der Waals surface area contributed by atoms with Gasteiger partial charge in [-0.25, -0.2) is 14.6 Å². The minimum Gasteiger partial charge on any atom is -0.497 e. The molecule has 8 heteroatoms. The quantitative estimate of drug-likeness (QED) is 0.390. The Morgan fingerprint density at radius 1 is 1.27 bits per heavy atom. The third kappa shape index (κ3) is 3.64. The molecule has 0 bridgehead atoms. The number of hydrogen-bond donors (Lipinski definition) is 1. The lowest BCUT2D eigenvalue weighted by molar-refractivity contribution is -0.125. The number of hydrogen-bond acceptors (Lipinski definition) is 6. The number of aromatic nitrogens is 4.